The average molecular weight is 1450 g/mol. The number of fused-ring (bicyclic) bond motifs is 2. The molecule has 4 saturated carbocycles. The SMILES string of the molecule is Cc1c(-c2ccc(-c3ccc4nccc(C(=O)Nc5nc6ccccc6s5)c4c3)nc2C(=O)O)cnn1CC12CC3(C)CC(C)(C1)CC(OCCN(CCS(=O)(=O)O)C(=O)OCc1ccc(N(C(=O)[C@@H](NC(=O)CCCCCN4C(=O)C=CC4=O)C(C)C)[C@@H](CCCNC(N)=O)C(N)=O)cc1)(C3)C2. The molecule has 5 aliphatic rings. The summed E-state index contributed by atoms with van der Waals surface area (Å²) in [5, 5.41) is 24.8. The highest BCUT2D eigenvalue weighted by Gasteiger charge is 2.66. The molecule has 28 nitrogen and oxygen atoms in total. The lowest BCUT2D eigenvalue weighted by Gasteiger charge is -2.69. The quantitative estimate of drug-likeness (QED) is 0.0117. The molecule has 2 unspecified atom stereocenters. The Hall–Kier alpha value is -10.0. The summed E-state index contributed by atoms with van der Waals surface area (Å²) >= 11 is 1.36. The highest BCUT2D eigenvalue weighted by molar-refractivity contribution is 7.85. The number of carboxylic acid groups (broad SMARTS) is 1. The Labute approximate surface area is 599 Å². The summed E-state index contributed by atoms with van der Waals surface area (Å²) < 4.78 is 49.9. The molecule has 4 aliphatic carbocycles. The van der Waals surface area contributed by atoms with Crippen LogP contribution in [0.15, 0.2) is 109 Å². The third-order valence-electron chi connectivity index (χ3n) is 19.9. The van der Waals surface area contributed by atoms with Crippen molar-refractivity contribution in [3.63, 3.8) is 0 Å². The molecule has 0 saturated heterocycles. The molecular formula is C73H85N13O15S2. The van der Waals surface area contributed by atoms with Crippen molar-refractivity contribution in [2.45, 2.75) is 143 Å². The fraction of sp³-hybridized carbons (Fsp3) is 0.438. The van der Waals surface area contributed by atoms with Gasteiger partial charge in [0.2, 0.25) is 11.8 Å². The fourth-order valence-corrected chi connectivity index (χ4v) is 17.8. The number of para-hydroxylation sites is 1. The number of amides is 9. The monoisotopic (exact) mass is 1450 g/mol. The van der Waals surface area contributed by atoms with Gasteiger partial charge < -0.3 is 41.6 Å². The molecule has 30 heteroatoms. The van der Waals surface area contributed by atoms with Crippen LogP contribution in [0.25, 0.3) is 43.5 Å². The van der Waals surface area contributed by atoms with Crippen LogP contribution < -0.4 is 32.3 Å². The van der Waals surface area contributed by atoms with E-state index in [0.29, 0.717) is 81.8 Å². The van der Waals surface area contributed by atoms with Gasteiger partial charge in [-0.3, -0.25) is 58.1 Å². The van der Waals surface area contributed by atoms with E-state index in [-0.39, 0.29) is 85.6 Å². The zero-order valence-corrected chi connectivity index (χ0v) is 59.7. The van der Waals surface area contributed by atoms with Crippen molar-refractivity contribution in [3.05, 3.63) is 132 Å². The average Bonchev–Trinajstić information content (AvgIpc) is 1.34. The second-order valence-electron chi connectivity index (χ2n) is 28.8. The van der Waals surface area contributed by atoms with E-state index in [1.165, 1.54) is 40.5 Å². The number of imide groups is 1. The molecule has 0 spiro atoms. The first-order chi connectivity index (χ1) is 48.9. The molecule has 7 aromatic rings. The molecule has 3 aromatic carbocycles. The first-order valence-electron chi connectivity index (χ1n) is 34.3. The van der Waals surface area contributed by atoms with Gasteiger partial charge >= 0.3 is 18.1 Å². The van der Waals surface area contributed by atoms with E-state index in [1.807, 2.05) is 35.9 Å². The number of aromatic nitrogens is 5. The van der Waals surface area contributed by atoms with E-state index in [9.17, 15) is 61.2 Å². The number of carbonyl (C=O) groups is 9. The molecular weight excluding hydrogens is 1360 g/mol. The van der Waals surface area contributed by atoms with Crippen molar-refractivity contribution in [2.75, 3.05) is 48.8 Å². The summed E-state index contributed by atoms with van der Waals surface area (Å²) in [5.41, 5.74) is 14.8. The molecule has 4 atom stereocenters. The van der Waals surface area contributed by atoms with Gasteiger partial charge in [0, 0.05) is 91.0 Å². The van der Waals surface area contributed by atoms with Gasteiger partial charge in [-0.1, -0.05) is 75.8 Å². The lowest BCUT2D eigenvalue weighted by molar-refractivity contribution is -0.248. The van der Waals surface area contributed by atoms with E-state index >= 15 is 0 Å². The largest absolute Gasteiger partial charge is 0.476 e. The van der Waals surface area contributed by atoms with Crippen molar-refractivity contribution in [1.29, 1.82) is 0 Å². The maximum atomic E-state index is 14.8. The molecule has 9 amide bonds. The number of pyridine rings is 2. The number of benzene rings is 3. The minimum absolute atomic E-state index is 0.00828. The zero-order chi connectivity index (χ0) is 73.8. The van der Waals surface area contributed by atoms with Gasteiger partial charge in [-0.25, -0.2) is 24.4 Å². The van der Waals surface area contributed by atoms with Crippen molar-refractivity contribution in [2.24, 2.45) is 33.6 Å². The highest BCUT2D eigenvalue weighted by Crippen LogP contribution is 2.72. The van der Waals surface area contributed by atoms with Crippen LogP contribution in [-0.4, -0.2) is 162 Å². The Balaban J connectivity index is 0.750. The Bertz CT molecular complexity index is 4540. The first-order valence-corrected chi connectivity index (χ1v) is 36.7. The van der Waals surface area contributed by atoms with Gasteiger partial charge in [0.25, 0.3) is 33.7 Å². The number of unbranched alkanes of at least 4 members (excludes halogenated alkanes) is 2. The van der Waals surface area contributed by atoms with Crippen LogP contribution in [0.1, 0.15) is 137 Å². The number of aromatic carboxylic acids is 1. The van der Waals surface area contributed by atoms with Gasteiger partial charge in [0.1, 0.15) is 18.7 Å². The standard InChI is InChI=1S/C73H85N13O15S2/c1-44(2)61(81-58(87)15-7-6-10-29-84-59(88)24-25-60(84)89)65(92)86(56(63(74)90)13-11-27-77-67(75)95)48-19-16-46(17-20-48)36-100-69(96)83(31-33-103(97,98)99)30-32-101-73-40-70(4)37-71(5,41-73)39-72(38-70,42-73)43-85-45(3)52(35-78-85)49-21-23-53(79-62(49)66(93)94)47-18-22-54-51(34-47)50(26-28-76-54)64(91)82-68-80-55-12-8-9-14-57(55)102-68/h8-9,12,14,16-26,28,34-35,44,56,61H,6-7,10-11,13,15,27,29-33,36-43H2,1-5H3,(H2,74,90)(H,81,87)(H,93,94)(H3,75,77,95)(H,80,82,91)(H,97,98,99)/t56-,61-,70?,71?,72?,73?/m0/s1. The number of hydrogen-bond acceptors (Lipinski definition) is 18. The normalized spacial score (nSPS) is 20.3. The highest BCUT2D eigenvalue weighted by atomic mass is 32.2. The van der Waals surface area contributed by atoms with Crippen LogP contribution in [0, 0.1) is 29.1 Å². The minimum atomic E-state index is -4.55. The third-order valence-corrected chi connectivity index (χ3v) is 21.6. The molecule has 4 bridgehead atoms. The van der Waals surface area contributed by atoms with Gasteiger partial charge in [0.15, 0.2) is 10.8 Å². The maximum Gasteiger partial charge on any atom is 0.410 e. The number of nitrogens with two attached hydrogens (primary N) is 2. The van der Waals surface area contributed by atoms with E-state index in [4.69, 9.17) is 31.0 Å². The summed E-state index contributed by atoms with van der Waals surface area (Å²) in [7, 11) is -4.55. The van der Waals surface area contributed by atoms with E-state index in [2.05, 4.69) is 39.8 Å². The smallest absolute Gasteiger partial charge is 0.410 e. The number of carbonyl (C=O) groups excluding carboxylic acids is 8. The molecule has 12 rings (SSSR count). The Morgan fingerprint density at radius 3 is 2.22 bits per heavy atom. The zero-order valence-electron chi connectivity index (χ0n) is 58.0. The predicted octanol–water partition coefficient (Wildman–Crippen LogP) is 8.95. The van der Waals surface area contributed by atoms with Crippen molar-refractivity contribution >= 4 is 107 Å². The predicted molar refractivity (Wildman–Crippen MR) is 383 cm³/mol. The van der Waals surface area contributed by atoms with E-state index in [1.54, 1.807) is 74.8 Å². The summed E-state index contributed by atoms with van der Waals surface area (Å²) in [4.78, 5) is 135. The minimum Gasteiger partial charge on any atom is -0.476 e. The van der Waals surface area contributed by atoms with Crippen LogP contribution in [-0.2, 0) is 56.7 Å². The number of rotatable bonds is 32. The Morgan fingerprint density at radius 2 is 1.54 bits per heavy atom. The molecule has 103 heavy (non-hydrogen) atoms. The lowest BCUT2D eigenvalue weighted by Crippen LogP contribution is -2.64. The fourth-order valence-electron chi connectivity index (χ4n) is 16.5. The summed E-state index contributed by atoms with van der Waals surface area (Å²) in [5.74, 6) is -5.67. The molecule has 9 N–H and O–H groups in total. The first kappa shape index (κ1) is 74.2. The molecule has 1 aliphatic heterocycles. The molecule has 4 aromatic heterocycles. The van der Waals surface area contributed by atoms with Crippen molar-refractivity contribution in [3.8, 4) is 22.4 Å². The van der Waals surface area contributed by atoms with E-state index < -0.39 is 93.6 Å². The molecule has 544 valence electrons. The second kappa shape index (κ2) is 30.5. The van der Waals surface area contributed by atoms with Gasteiger partial charge in [0.05, 0.1) is 51.1 Å². The number of urea groups is 1. The number of nitrogens with one attached hydrogen (secondary N) is 3. The maximum absolute atomic E-state index is 14.8. The lowest BCUT2D eigenvalue weighted by atomic mass is 9.39. The molecule has 4 fully saturated rings. The number of anilines is 2. The summed E-state index contributed by atoms with van der Waals surface area (Å²) in [6.45, 7) is 9.78. The summed E-state index contributed by atoms with van der Waals surface area (Å²) in [6.07, 6.45) is 11.1. The van der Waals surface area contributed by atoms with Gasteiger partial charge in [-0.15, -0.1) is 0 Å². The number of thiazole rings is 1. The number of carboxylic acids is 1. The van der Waals surface area contributed by atoms with Crippen LogP contribution in [0.3, 0.4) is 0 Å². The van der Waals surface area contributed by atoms with Crippen LogP contribution in [0.2, 0.25) is 0 Å². The molecule has 5 heterocycles. The van der Waals surface area contributed by atoms with Crippen LogP contribution in [0.4, 0.5) is 20.4 Å². The van der Waals surface area contributed by atoms with Crippen molar-refractivity contribution < 1.29 is 70.7 Å². The Kier molecular flexibility index (Phi) is 22.0. The Morgan fingerprint density at radius 1 is 0.816 bits per heavy atom. The van der Waals surface area contributed by atoms with E-state index in [0.717, 1.165) is 57.8 Å². The number of hydrogen-bond donors (Lipinski definition) is 7. The van der Waals surface area contributed by atoms with Crippen LogP contribution in [0.5, 0.6) is 0 Å². The third kappa shape index (κ3) is 17.4. The van der Waals surface area contributed by atoms with Gasteiger partial charge in [-0.05, 0) is 153 Å². The van der Waals surface area contributed by atoms with Crippen molar-refractivity contribution in [1.82, 2.24) is 45.2 Å². The topological polar surface area (TPSA) is 401 Å². The number of nitrogens with zero attached hydrogens (tertiary/aromatic N) is 8. The van der Waals surface area contributed by atoms with Gasteiger partial charge in [-0.2, -0.15) is 13.5 Å². The number of primary amides is 2. The van der Waals surface area contributed by atoms with Crippen LogP contribution >= 0.6 is 11.3 Å². The second-order valence-corrected chi connectivity index (χ2v) is 31.4. The molecule has 0 radical (unpaired) electrons. The summed E-state index contributed by atoms with van der Waals surface area (Å²) in [6, 6.07) is 20.9. The number of ether oxygens (including phenoxy) is 2.